The van der Waals surface area contributed by atoms with Gasteiger partial charge in [0.25, 0.3) is 0 Å². The lowest BCUT2D eigenvalue weighted by Gasteiger charge is -2.44. The Bertz CT molecular complexity index is 1470. The van der Waals surface area contributed by atoms with Gasteiger partial charge in [-0.2, -0.15) is 0 Å². The van der Waals surface area contributed by atoms with E-state index in [1.807, 2.05) is 61.5 Å². The molecule has 1 aliphatic heterocycles. The first kappa shape index (κ1) is 26.8. The van der Waals surface area contributed by atoms with Gasteiger partial charge in [0.1, 0.15) is 29.1 Å². The number of carboxylic acid groups (broad SMARTS) is 1. The quantitative estimate of drug-likeness (QED) is 0.283. The Balaban J connectivity index is 1.15. The highest BCUT2D eigenvalue weighted by Gasteiger charge is 2.47. The summed E-state index contributed by atoms with van der Waals surface area (Å²) < 4.78 is 22.3. The van der Waals surface area contributed by atoms with Crippen LogP contribution in [0.25, 0.3) is 11.5 Å². The molecule has 0 radical (unpaired) electrons. The Hall–Kier alpha value is -4.79. The molecule has 1 aliphatic rings. The number of aliphatic carboxylic acids is 1. The van der Waals surface area contributed by atoms with E-state index < -0.39 is 18.1 Å². The largest absolute Gasteiger partial charge is 0.497 e. The summed E-state index contributed by atoms with van der Waals surface area (Å²) in [5, 5.41) is 9.81. The Morgan fingerprint density at radius 1 is 1.00 bits per heavy atom. The average molecular weight is 543 g/mol. The first-order chi connectivity index (χ1) is 19.4. The van der Waals surface area contributed by atoms with Crippen molar-refractivity contribution in [3.05, 3.63) is 95.9 Å². The van der Waals surface area contributed by atoms with Gasteiger partial charge in [-0.15, -0.1) is 0 Å². The summed E-state index contributed by atoms with van der Waals surface area (Å²) >= 11 is 0. The molecule has 1 N–H and O–H groups in total. The van der Waals surface area contributed by atoms with Crippen molar-refractivity contribution in [2.24, 2.45) is 5.92 Å². The van der Waals surface area contributed by atoms with E-state index in [0.29, 0.717) is 42.6 Å². The van der Waals surface area contributed by atoms with Crippen LogP contribution in [-0.2, 0) is 17.6 Å². The normalized spacial score (nSPS) is 16.2. The fourth-order valence-electron chi connectivity index (χ4n) is 4.78. The minimum absolute atomic E-state index is 0.245. The molecule has 40 heavy (non-hydrogen) atoms. The monoisotopic (exact) mass is 542 g/mol. The van der Waals surface area contributed by atoms with Gasteiger partial charge >= 0.3 is 12.1 Å². The molecule has 0 unspecified atom stereocenters. The van der Waals surface area contributed by atoms with Gasteiger partial charge in [0.15, 0.2) is 0 Å². The number of aromatic nitrogens is 1. The number of nitrogens with zero attached hydrogens (tertiary/aromatic N) is 2. The zero-order valence-corrected chi connectivity index (χ0v) is 22.3. The number of amides is 1. The zero-order chi connectivity index (χ0) is 28.1. The van der Waals surface area contributed by atoms with Gasteiger partial charge in [-0.3, -0.25) is 4.90 Å². The van der Waals surface area contributed by atoms with E-state index in [1.165, 1.54) is 4.90 Å². The molecule has 1 saturated heterocycles. The van der Waals surface area contributed by atoms with Crippen molar-refractivity contribution in [2.45, 2.75) is 25.8 Å². The van der Waals surface area contributed by atoms with E-state index in [9.17, 15) is 14.7 Å². The maximum absolute atomic E-state index is 12.6. The van der Waals surface area contributed by atoms with E-state index in [1.54, 1.807) is 31.4 Å². The highest BCUT2D eigenvalue weighted by Crippen LogP contribution is 2.31. The molecule has 4 aromatic rings. The van der Waals surface area contributed by atoms with Crippen molar-refractivity contribution in [2.75, 3.05) is 20.3 Å². The summed E-state index contributed by atoms with van der Waals surface area (Å²) in [5.74, 6) is 1.67. The number of rotatable bonds is 10. The van der Waals surface area contributed by atoms with Gasteiger partial charge in [-0.1, -0.05) is 30.3 Å². The van der Waals surface area contributed by atoms with Crippen molar-refractivity contribution < 1.29 is 33.3 Å². The second-order valence-corrected chi connectivity index (χ2v) is 9.58. The zero-order valence-electron chi connectivity index (χ0n) is 22.3. The van der Waals surface area contributed by atoms with Gasteiger partial charge < -0.3 is 23.7 Å². The topological polar surface area (TPSA) is 111 Å². The van der Waals surface area contributed by atoms with Crippen molar-refractivity contribution in [3.63, 3.8) is 0 Å². The lowest BCUT2D eigenvalue weighted by Crippen LogP contribution is -2.63. The van der Waals surface area contributed by atoms with E-state index in [2.05, 4.69) is 4.98 Å². The lowest BCUT2D eigenvalue weighted by molar-refractivity contribution is -0.150. The molecular weight excluding hydrogens is 512 g/mol. The van der Waals surface area contributed by atoms with E-state index in [-0.39, 0.29) is 12.5 Å². The summed E-state index contributed by atoms with van der Waals surface area (Å²) in [5.41, 5.74) is 2.70. The van der Waals surface area contributed by atoms with Crippen LogP contribution in [0.4, 0.5) is 4.79 Å². The molecule has 2 atom stereocenters. The van der Waals surface area contributed by atoms with Gasteiger partial charge in [0, 0.05) is 24.4 Å². The Morgan fingerprint density at radius 3 is 2.48 bits per heavy atom. The summed E-state index contributed by atoms with van der Waals surface area (Å²) in [6.45, 7) is 2.59. The first-order valence-electron chi connectivity index (χ1n) is 13.0. The molecule has 1 aromatic heterocycles. The average Bonchev–Trinajstić information content (AvgIpc) is 3.31. The van der Waals surface area contributed by atoms with Crippen LogP contribution in [0.15, 0.2) is 83.3 Å². The van der Waals surface area contributed by atoms with Crippen LogP contribution in [0.2, 0.25) is 0 Å². The third-order valence-electron chi connectivity index (χ3n) is 6.88. The molecule has 0 spiro atoms. The minimum Gasteiger partial charge on any atom is -0.497 e. The highest BCUT2D eigenvalue weighted by atomic mass is 16.6. The van der Waals surface area contributed by atoms with Crippen LogP contribution in [-0.4, -0.2) is 53.4 Å². The predicted octanol–water partition coefficient (Wildman–Crippen LogP) is 5.41. The summed E-state index contributed by atoms with van der Waals surface area (Å²) in [6, 6.07) is 22.9. The molecule has 1 amide bonds. The molecular formula is C31H30N2O7. The van der Waals surface area contributed by atoms with Gasteiger partial charge in [0.2, 0.25) is 5.89 Å². The molecule has 5 rings (SSSR count). The summed E-state index contributed by atoms with van der Waals surface area (Å²) in [7, 11) is 1.54. The molecule has 9 heteroatoms. The summed E-state index contributed by atoms with van der Waals surface area (Å²) in [4.78, 5) is 30.5. The van der Waals surface area contributed by atoms with Gasteiger partial charge in [-0.25, -0.2) is 14.6 Å². The van der Waals surface area contributed by atoms with Crippen molar-refractivity contribution >= 4 is 12.1 Å². The summed E-state index contributed by atoms with van der Waals surface area (Å²) in [6.07, 6.45) is 0.384. The van der Waals surface area contributed by atoms with Crippen molar-refractivity contribution in [3.8, 4) is 28.7 Å². The number of carbonyl (C=O) groups is 2. The van der Waals surface area contributed by atoms with Gasteiger partial charge in [-0.05, 0) is 67.4 Å². The fraction of sp³-hybridized carbons (Fsp3) is 0.258. The second kappa shape index (κ2) is 11.9. The van der Waals surface area contributed by atoms with E-state index in [0.717, 1.165) is 22.6 Å². The smallest absolute Gasteiger partial charge is 0.416 e. The number of hydrogen-bond acceptors (Lipinski definition) is 7. The van der Waals surface area contributed by atoms with Crippen LogP contribution in [0.5, 0.6) is 17.2 Å². The molecule has 9 nitrogen and oxygen atoms in total. The van der Waals surface area contributed by atoms with Crippen molar-refractivity contribution in [1.82, 2.24) is 9.88 Å². The maximum atomic E-state index is 12.6. The number of benzene rings is 3. The standard InChI is InChI=1S/C31H30N2O7/c1-20-27(32-29(39-20)22-8-4-3-5-9-22)15-16-38-26-10-6-7-21(18-26)17-23-19-33(28(23)30(34)35)31(36)40-25-13-11-24(37-2)12-14-25/h3-14,18,23,28H,15-17,19H2,1-2H3,(H,34,35)/t23-,28+/m1/s1. The molecule has 0 saturated carbocycles. The van der Waals surface area contributed by atoms with E-state index >= 15 is 0 Å². The molecule has 206 valence electrons. The third kappa shape index (κ3) is 6.09. The number of oxazole rings is 1. The van der Waals surface area contributed by atoms with Crippen LogP contribution in [0, 0.1) is 12.8 Å². The third-order valence-corrected chi connectivity index (χ3v) is 6.88. The van der Waals surface area contributed by atoms with Crippen LogP contribution >= 0.6 is 0 Å². The Morgan fingerprint density at radius 2 is 1.75 bits per heavy atom. The predicted molar refractivity (Wildman–Crippen MR) is 147 cm³/mol. The highest BCUT2D eigenvalue weighted by molar-refractivity contribution is 5.83. The number of carbonyl (C=O) groups excluding carboxylic acids is 1. The van der Waals surface area contributed by atoms with Gasteiger partial charge in [0.05, 0.1) is 19.4 Å². The van der Waals surface area contributed by atoms with Crippen LogP contribution in [0.1, 0.15) is 17.0 Å². The molecule has 0 aliphatic carbocycles. The van der Waals surface area contributed by atoms with E-state index in [4.69, 9.17) is 18.6 Å². The van der Waals surface area contributed by atoms with Crippen molar-refractivity contribution in [1.29, 1.82) is 0 Å². The Kier molecular flexibility index (Phi) is 8.00. The minimum atomic E-state index is -1.06. The number of likely N-dealkylation sites (tertiary alicyclic amines) is 1. The number of ether oxygens (including phenoxy) is 3. The molecule has 2 heterocycles. The van der Waals surface area contributed by atoms with Crippen LogP contribution < -0.4 is 14.2 Å². The molecule has 1 fully saturated rings. The number of hydrogen-bond donors (Lipinski definition) is 1. The number of methoxy groups -OCH3 is 1. The SMILES string of the molecule is COc1ccc(OC(=O)N2C[C@@H](Cc3cccc(OCCc4nc(-c5ccccc5)oc4C)c3)[C@H]2C(=O)O)cc1. The first-order valence-corrected chi connectivity index (χ1v) is 13.0. The molecule has 3 aromatic carbocycles. The number of carboxylic acids is 1. The fourth-order valence-corrected chi connectivity index (χ4v) is 4.78. The lowest BCUT2D eigenvalue weighted by atomic mass is 9.83. The van der Waals surface area contributed by atoms with Crippen LogP contribution in [0.3, 0.4) is 0 Å². The number of aryl methyl sites for hydroxylation is 1. The maximum Gasteiger partial charge on any atom is 0.416 e. The second-order valence-electron chi connectivity index (χ2n) is 9.58. The Labute approximate surface area is 231 Å². The molecule has 0 bridgehead atoms.